The highest BCUT2D eigenvalue weighted by atomic mass is 15.0. The second-order valence-corrected chi connectivity index (χ2v) is 13.4. The predicted molar refractivity (Wildman–Crippen MR) is 217 cm³/mol. The predicted octanol–water partition coefficient (Wildman–Crippen LogP) is 12.3. The first-order chi connectivity index (χ1) is 25.8. The monoisotopic (exact) mass is 662 g/mol. The quantitative estimate of drug-likeness (QED) is 0.188. The molecule has 0 aliphatic carbocycles. The number of benzene rings is 8. The Morgan fingerprint density at radius 1 is 0.346 bits per heavy atom. The second-order valence-electron chi connectivity index (χ2n) is 13.4. The summed E-state index contributed by atoms with van der Waals surface area (Å²) >= 11 is 0. The lowest BCUT2D eigenvalue weighted by molar-refractivity contribution is 1.18. The van der Waals surface area contributed by atoms with Gasteiger partial charge < -0.3 is 9.13 Å². The van der Waals surface area contributed by atoms with Gasteiger partial charge in [0.1, 0.15) is 0 Å². The molecule has 0 aliphatic rings. The van der Waals surface area contributed by atoms with Gasteiger partial charge in [-0.3, -0.25) is 0 Å². The van der Waals surface area contributed by atoms with Gasteiger partial charge in [-0.05, 0) is 60.0 Å². The summed E-state index contributed by atoms with van der Waals surface area (Å²) in [5.74, 6) is 0.720. The van der Waals surface area contributed by atoms with Crippen LogP contribution in [0.3, 0.4) is 0 Å². The molecule has 0 saturated heterocycles. The van der Waals surface area contributed by atoms with E-state index in [1.165, 1.54) is 43.6 Å². The van der Waals surface area contributed by atoms with Gasteiger partial charge in [0.15, 0.2) is 5.82 Å². The van der Waals surface area contributed by atoms with Crippen LogP contribution in [-0.2, 0) is 0 Å². The third-order valence-electron chi connectivity index (χ3n) is 10.5. The van der Waals surface area contributed by atoms with E-state index < -0.39 is 0 Å². The molecule has 11 rings (SSSR count). The maximum Gasteiger partial charge on any atom is 0.161 e. The summed E-state index contributed by atoms with van der Waals surface area (Å²) in [6.07, 6.45) is 0. The van der Waals surface area contributed by atoms with E-state index in [0.29, 0.717) is 0 Å². The van der Waals surface area contributed by atoms with Crippen LogP contribution in [-0.4, -0.2) is 19.1 Å². The summed E-state index contributed by atoms with van der Waals surface area (Å²) in [6, 6.07) is 64.8. The van der Waals surface area contributed by atoms with Crippen LogP contribution in [0.25, 0.3) is 99.3 Å². The minimum atomic E-state index is 0.720. The third-order valence-corrected chi connectivity index (χ3v) is 10.5. The first-order valence-electron chi connectivity index (χ1n) is 17.7. The van der Waals surface area contributed by atoms with Gasteiger partial charge in [0, 0.05) is 49.1 Å². The largest absolute Gasteiger partial charge is 0.309 e. The summed E-state index contributed by atoms with van der Waals surface area (Å²) < 4.78 is 4.84. The summed E-state index contributed by atoms with van der Waals surface area (Å²) in [4.78, 5) is 10.4. The zero-order valence-electron chi connectivity index (χ0n) is 28.1. The maximum atomic E-state index is 5.25. The second kappa shape index (κ2) is 11.2. The fourth-order valence-electron chi connectivity index (χ4n) is 8.23. The molecule has 0 aliphatic heterocycles. The Balaban J connectivity index is 1.19. The third kappa shape index (κ3) is 4.21. The van der Waals surface area contributed by atoms with Crippen molar-refractivity contribution in [2.45, 2.75) is 0 Å². The minimum absolute atomic E-state index is 0.720. The minimum Gasteiger partial charge on any atom is -0.309 e. The first-order valence-corrected chi connectivity index (χ1v) is 17.7. The lowest BCUT2D eigenvalue weighted by atomic mass is 10.0. The zero-order chi connectivity index (χ0) is 34.2. The van der Waals surface area contributed by atoms with E-state index in [9.17, 15) is 0 Å². The highest BCUT2D eigenvalue weighted by Gasteiger charge is 2.21. The van der Waals surface area contributed by atoms with Crippen LogP contribution >= 0.6 is 0 Å². The molecule has 3 aromatic heterocycles. The topological polar surface area (TPSA) is 35.6 Å². The van der Waals surface area contributed by atoms with Gasteiger partial charge in [-0.2, -0.15) is 0 Å². The lowest BCUT2D eigenvalue weighted by Crippen LogP contribution is -1.99. The molecule has 0 N–H and O–H groups in total. The van der Waals surface area contributed by atoms with Crippen LogP contribution in [0.4, 0.5) is 0 Å². The van der Waals surface area contributed by atoms with Crippen LogP contribution in [0.5, 0.6) is 0 Å². The molecule has 0 spiro atoms. The van der Waals surface area contributed by atoms with Crippen molar-refractivity contribution in [2.24, 2.45) is 0 Å². The number of nitrogens with zero attached hydrogens (tertiary/aromatic N) is 4. The molecule has 242 valence electrons. The Kier molecular flexibility index (Phi) is 6.22. The molecule has 0 unspecified atom stereocenters. The molecule has 0 radical (unpaired) electrons. The smallest absolute Gasteiger partial charge is 0.161 e. The molecule has 0 atom stereocenters. The molecule has 52 heavy (non-hydrogen) atoms. The highest BCUT2D eigenvalue weighted by Crippen LogP contribution is 2.42. The summed E-state index contributed by atoms with van der Waals surface area (Å²) in [5.41, 5.74) is 11.0. The van der Waals surface area contributed by atoms with Crippen molar-refractivity contribution in [3.63, 3.8) is 0 Å². The van der Waals surface area contributed by atoms with Crippen LogP contribution in [0, 0.1) is 0 Å². The summed E-state index contributed by atoms with van der Waals surface area (Å²) in [5, 5.41) is 8.22. The fourth-order valence-corrected chi connectivity index (χ4v) is 8.23. The Hall–Kier alpha value is -7.04. The highest BCUT2D eigenvalue weighted by molar-refractivity contribution is 6.19. The fraction of sp³-hybridized carbons (Fsp3) is 0. The molecular weight excluding hydrogens is 633 g/mol. The van der Waals surface area contributed by atoms with Crippen molar-refractivity contribution in [1.82, 2.24) is 19.1 Å². The maximum absolute atomic E-state index is 5.25. The Morgan fingerprint density at radius 2 is 0.885 bits per heavy atom. The Bertz CT molecular complexity index is 3170. The van der Waals surface area contributed by atoms with E-state index in [0.717, 1.165) is 55.7 Å². The molecule has 4 nitrogen and oxygen atoms in total. The summed E-state index contributed by atoms with van der Waals surface area (Å²) in [7, 11) is 0. The van der Waals surface area contributed by atoms with Gasteiger partial charge in [-0.1, -0.05) is 127 Å². The average molecular weight is 663 g/mol. The van der Waals surface area contributed by atoms with Crippen molar-refractivity contribution in [1.29, 1.82) is 0 Å². The van der Waals surface area contributed by atoms with Crippen molar-refractivity contribution >= 4 is 65.3 Å². The average Bonchev–Trinajstić information content (AvgIpc) is 3.71. The van der Waals surface area contributed by atoms with Crippen molar-refractivity contribution in [2.75, 3.05) is 0 Å². The van der Waals surface area contributed by atoms with Crippen molar-refractivity contribution in [3.8, 4) is 34.0 Å². The number of fused-ring (bicyclic) bond motifs is 8. The summed E-state index contributed by atoms with van der Waals surface area (Å²) in [6.45, 7) is 0. The number of para-hydroxylation sites is 4. The van der Waals surface area contributed by atoms with Crippen molar-refractivity contribution in [3.05, 3.63) is 182 Å². The van der Waals surface area contributed by atoms with Gasteiger partial charge in [0.2, 0.25) is 0 Å². The molecule has 0 bridgehead atoms. The SMILES string of the molecule is c1ccc(-c2nc(-c3ccc(-n4c5ccccc5c5cc6c(cc54)c4ccccc4n6-c4ccccc4)c4ccccc34)nc3ccccc23)cc1. The molecule has 3 heterocycles. The zero-order valence-corrected chi connectivity index (χ0v) is 28.1. The van der Waals surface area contributed by atoms with E-state index in [1.54, 1.807) is 0 Å². The molecule has 0 fully saturated rings. The van der Waals surface area contributed by atoms with E-state index >= 15 is 0 Å². The number of rotatable bonds is 4. The van der Waals surface area contributed by atoms with Crippen LogP contribution in [0.1, 0.15) is 0 Å². The van der Waals surface area contributed by atoms with Gasteiger partial charge >= 0.3 is 0 Å². The van der Waals surface area contributed by atoms with E-state index in [1.807, 2.05) is 12.1 Å². The van der Waals surface area contributed by atoms with Gasteiger partial charge in [-0.15, -0.1) is 0 Å². The van der Waals surface area contributed by atoms with Gasteiger partial charge in [0.25, 0.3) is 0 Å². The van der Waals surface area contributed by atoms with Gasteiger partial charge in [-0.25, -0.2) is 9.97 Å². The normalized spacial score (nSPS) is 11.8. The number of hydrogen-bond donors (Lipinski definition) is 0. The van der Waals surface area contributed by atoms with E-state index in [4.69, 9.17) is 9.97 Å². The number of hydrogen-bond acceptors (Lipinski definition) is 2. The standard InChI is InChI=1S/C48H30N4/c1-3-15-31(16-4-1)47-38-23-9-12-24-41(38)49-48(50-47)37-27-28-44(34-20-8-7-19-33(34)37)52-43-26-14-11-22-36(43)40-29-45-39(30-46(40)52)35-21-10-13-25-42(35)51(45)32-17-5-2-6-18-32/h1-30H. The Morgan fingerprint density at radius 3 is 1.60 bits per heavy atom. The van der Waals surface area contributed by atoms with Crippen LogP contribution in [0.2, 0.25) is 0 Å². The number of aromatic nitrogens is 4. The molecule has 8 aromatic carbocycles. The van der Waals surface area contributed by atoms with Gasteiger partial charge in [0.05, 0.1) is 39.0 Å². The molecule has 0 amide bonds. The first kappa shape index (κ1) is 28.8. The van der Waals surface area contributed by atoms with Crippen molar-refractivity contribution < 1.29 is 0 Å². The molecule has 11 aromatic rings. The Labute approximate surface area is 299 Å². The van der Waals surface area contributed by atoms with Crippen LogP contribution in [0.15, 0.2) is 182 Å². The van der Waals surface area contributed by atoms with E-state index in [2.05, 4.69) is 179 Å². The lowest BCUT2D eigenvalue weighted by Gasteiger charge is -2.15. The molecule has 4 heteroatoms. The van der Waals surface area contributed by atoms with Crippen LogP contribution < -0.4 is 0 Å². The molecular formula is C48H30N4. The molecule has 0 saturated carbocycles. The van der Waals surface area contributed by atoms with E-state index in [-0.39, 0.29) is 0 Å².